The van der Waals surface area contributed by atoms with Crippen LogP contribution in [0.4, 0.5) is 0 Å². The third kappa shape index (κ3) is 5.73. The second-order valence-electron chi connectivity index (χ2n) is 5.18. The molecule has 0 amide bonds. The van der Waals surface area contributed by atoms with Gasteiger partial charge < -0.3 is 5.32 Å². The molecule has 17 heavy (non-hydrogen) atoms. The van der Waals surface area contributed by atoms with Crippen LogP contribution in [-0.4, -0.2) is 13.1 Å². The molecule has 1 rings (SSSR count). The van der Waals surface area contributed by atoms with Crippen LogP contribution in [0.25, 0.3) is 0 Å². The van der Waals surface area contributed by atoms with Crippen LogP contribution >= 0.6 is 38.9 Å². The fourth-order valence-corrected chi connectivity index (χ4v) is 3.46. The first-order chi connectivity index (χ1) is 7.94. The summed E-state index contributed by atoms with van der Waals surface area (Å²) in [6, 6.07) is 2.14. The molecule has 98 valence electrons. The van der Waals surface area contributed by atoms with E-state index in [9.17, 15) is 0 Å². The van der Waals surface area contributed by atoms with E-state index in [0.29, 0.717) is 5.41 Å². The fourth-order valence-electron chi connectivity index (χ4n) is 1.67. The summed E-state index contributed by atoms with van der Waals surface area (Å²) in [5.74, 6) is 0. The lowest BCUT2D eigenvalue weighted by Crippen LogP contribution is -2.30. The number of nitrogens with one attached hydrogen (secondary N) is 1. The molecule has 0 bridgehead atoms. The summed E-state index contributed by atoms with van der Waals surface area (Å²) >= 11 is 11.2. The predicted molar refractivity (Wildman–Crippen MR) is 82.3 cm³/mol. The number of hydrogen-bond acceptors (Lipinski definition) is 2. The van der Waals surface area contributed by atoms with E-state index in [1.165, 1.54) is 17.7 Å². The van der Waals surface area contributed by atoms with Gasteiger partial charge in [0, 0.05) is 15.9 Å². The fraction of sp³-hybridized carbons (Fsp3) is 0.692. The summed E-state index contributed by atoms with van der Waals surface area (Å²) in [4.78, 5) is 1.37. The first-order valence-corrected chi connectivity index (χ1v) is 8.08. The Hall–Kier alpha value is 0.430. The normalized spacial score (nSPS) is 12.1. The van der Waals surface area contributed by atoms with E-state index in [1.54, 1.807) is 11.3 Å². The van der Waals surface area contributed by atoms with Gasteiger partial charge in [-0.1, -0.05) is 32.4 Å². The summed E-state index contributed by atoms with van der Waals surface area (Å²) in [5.41, 5.74) is 0.345. The van der Waals surface area contributed by atoms with Crippen molar-refractivity contribution >= 4 is 38.9 Å². The molecule has 0 saturated heterocycles. The Morgan fingerprint density at radius 1 is 1.47 bits per heavy atom. The van der Waals surface area contributed by atoms with Gasteiger partial charge in [-0.15, -0.1) is 11.3 Å². The molecule has 0 aliphatic heterocycles. The second-order valence-corrected chi connectivity index (χ2v) is 7.77. The SMILES string of the molecule is CCCNCC(C)(C)CCc1cc(Br)c(Cl)s1. The van der Waals surface area contributed by atoms with Gasteiger partial charge in [-0.05, 0) is 53.2 Å². The molecule has 0 spiro atoms. The first-order valence-electron chi connectivity index (χ1n) is 6.09. The molecule has 1 nitrogen and oxygen atoms in total. The molecule has 0 atom stereocenters. The van der Waals surface area contributed by atoms with Crippen LogP contribution in [0.3, 0.4) is 0 Å². The van der Waals surface area contributed by atoms with E-state index >= 15 is 0 Å². The van der Waals surface area contributed by atoms with Gasteiger partial charge >= 0.3 is 0 Å². The molecule has 0 unspecified atom stereocenters. The van der Waals surface area contributed by atoms with E-state index in [0.717, 1.165) is 28.3 Å². The Kier molecular flexibility index (Phi) is 6.49. The second kappa shape index (κ2) is 7.13. The van der Waals surface area contributed by atoms with Gasteiger partial charge in [0.1, 0.15) is 4.34 Å². The van der Waals surface area contributed by atoms with Gasteiger partial charge in [-0.3, -0.25) is 0 Å². The zero-order valence-electron chi connectivity index (χ0n) is 10.8. The quantitative estimate of drug-likeness (QED) is 0.680. The van der Waals surface area contributed by atoms with Gasteiger partial charge in [0.25, 0.3) is 0 Å². The summed E-state index contributed by atoms with van der Waals surface area (Å²) in [6.45, 7) is 9.03. The monoisotopic (exact) mass is 337 g/mol. The molecule has 0 saturated carbocycles. The van der Waals surface area contributed by atoms with Crippen LogP contribution in [0, 0.1) is 5.41 Å². The number of halogens is 2. The van der Waals surface area contributed by atoms with Crippen LogP contribution in [0.2, 0.25) is 4.34 Å². The molecule has 1 aromatic rings. The summed E-state index contributed by atoms with van der Waals surface area (Å²) < 4.78 is 1.89. The summed E-state index contributed by atoms with van der Waals surface area (Å²) in [6.07, 6.45) is 3.49. The Balaban J connectivity index is 2.38. The van der Waals surface area contributed by atoms with Crippen molar-refractivity contribution in [2.24, 2.45) is 5.41 Å². The van der Waals surface area contributed by atoms with Gasteiger partial charge in [0.2, 0.25) is 0 Å². The van der Waals surface area contributed by atoms with Crippen molar-refractivity contribution in [3.8, 4) is 0 Å². The molecule has 0 aliphatic carbocycles. The standard InChI is InChI=1S/C13H21BrClNS/c1-4-7-16-9-13(2,3)6-5-10-8-11(14)12(15)17-10/h8,16H,4-7,9H2,1-3H3. The average Bonchev–Trinajstić information content (AvgIpc) is 2.56. The highest BCUT2D eigenvalue weighted by molar-refractivity contribution is 9.10. The Bertz CT molecular complexity index is 330. The molecule has 1 N–H and O–H groups in total. The van der Waals surface area contributed by atoms with Crippen molar-refractivity contribution < 1.29 is 0 Å². The van der Waals surface area contributed by atoms with Crippen molar-refractivity contribution in [2.45, 2.75) is 40.0 Å². The van der Waals surface area contributed by atoms with Crippen LogP contribution in [-0.2, 0) is 6.42 Å². The third-order valence-corrected chi connectivity index (χ3v) is 5.31. The highest BCUT2D eigenvalue weighted by Gasteiger charge is 2.17. The average molecular weight is 339 g/mol. The van der Waals surface area contributed by atoms with Gasteiger partial charge in [-0.25, -0.2) is 0 Å². The Labute approximate surface area is 122 Å². The van der Waals surface area contributed by atoms with Gasteiger partial charge in [0.05, 0.1) is 0 Å². The highest BCUT2D eigenvalue weighted by Crippen LogP contribution is 2.34. The molecular formula is C13H21BrClNS. The number of rotatable bonds is 7. The topological polar surface area (TPSA) is 12.0 Å². The number of thiophene rings is 1. The number of hydrogen-bond donors (Lipinski definition) is 1. The maximum Gasteiger partial charge on any atom is 0.107 e. The Morgan fingerprint density at radius 2 is 2.18 bits per heavy atom. The molecule has 1 heterocycles. The summed E-state index contributed by atoms with van der Waals surface area (Å²) in [7, 11) is 0. The lowest BCUT2D eigenvalue weighted by Gasteiger charge is -2.24. The van der Waals surface area contributed by atoms with Crippen LogP contribution in [0.1, 0.15) is 38.5 Å². The van der Waals surface area contributed by atoms with E-state index in [2.05, 4.69) is 48.1 Å². The smallest absolute Gasteiger partial charge is 0.107 e. The Morgan fingerprint density at radius 3 is 2.71 bits per heavy atom. The van der Waals surface area contributed by atoms with Crippen molar-refractivity contribution in [3.05, 3.63) is 19.8 Å². The van der Waals surface area contributed by atoms with Crippen molar-refractivity contribution in [2.75, 3.05) is 13.1 Å². The molecule has 1 aromatic heterocycles. The minimum absolute atomic E-state index is 0.345. The van der Waals surface area contributed by atoms with E-state index in [-0.39, 0.29) is 0 Å². The number of aryl methyl sites for hydroxylation is 1. The van der Waals surface area contributed by atoms with Gasteiger partial charge in [0.15, 0.2) is 0 Å². The molecule has 0 aliphatic rings. The zero-order valence-corrected chi connectivity index (χ0v) is 13.9. The van der Waals surface area contributed by atoms with Crippen molar-refractivity contribution in [3.63, 3.8) is 0 Å². The van der Waals surface area contributed by atoms with Crippen molar-refractivity contribution in [1.82, 2.24) is 5.32 Å². The highest BCUT2D eigenvalue weighted by atomic mass is 79.9. The third-order valence-electron chi connectivity index (χ3n) is 2.77. The van der Waals surface area contributed by atoms with Gasteiger partial charge in [-0.2, -0.15) is 0 Å². The zero-order chi connectivity index (χ0) is 12.9. The van der Waals surface area contributed by atoms with E-state index in [4.69, 9.17) is 11.6 Å². The predicted octanol–water partition coefficient (Wildman–Crippen LogP) is 5.12. The molecule has 0 aromatic carbocycles. The maximum atomic E-state index is 6.04. The van der Waals surface area contributed by atoms with Crippen molar-refractivity contribution in [1.29, 1.82) is 0 Å². The summed E-state index contributed by atoms with van der Waals surface area (Å²) in [5, 5.41) is 3.50. The van der Waals surface area contributed by atoms with E-state index in [1.807, 2.05) is 0 Å². The molecular weight excluding hydrogens is 318 g/mol. The van der Waals surface area contributed by atoms with Crippen LogP contribution < -0.4 is 5.32 Å². The molecule has 4 heteroatoms. The lowest BCUT2D eigenvalue weighted by atomic mass is 9.87. The minimum atomic E-state index is 0.345. The van der Waals surface area contributed by atoms with Crippen LogP contribution in [0.15, 0.2) is 10.5 Å². The molecule has 0 fully saturated rings. The minimum Gasteiger partial charge on any atom is -0.316 e. The first kappa shape index (κ1) is 15.5. The maximum absolute atomic E-state index is 6.04. The van der Waals surface area contributed by atoms with E-state index < -0.39 is 0 Å². The van der Waals surface area contributed by atoms with Crippen LogP contribution in [0.5, 0.6) is 0 Å². The largest absolute Gasteiger partial charge is 0.316 e. The lowest BCUT2D eigenvalue weighted by molar-refractivity contribution is 0.316. The molecule has 0 radical (unpaired) electrons.